The van der Waals surface area contributed by atoms with Crippen LogP contribution in [-0.2, 0) is 4.79 Å². The molecule has 2 atom stereocenters. The standard InChI is InChI=1S/C15H19ClN2O3/c1-9-5-4-8-18(13(9)14(19)20)15(21)17-12-7-3-6-11(16)10(12)2/h3,6-7,9,13H,4-5,8H2,1-2H3,(H,17,21)(H,19,20). The van der Waals surface area contributed by atoms with Gasteiger partial charge in [-0.2, -0.15) is 0 Å². The van der Waals surface area contributed by atoms with Crippen molar-refractivity contribution in [3.05, 3.63) is 28.8 Å². The van der Waals surface area contributed by atoms with Crippen molar-refractivity contribution in [2.24, 2.45) is 5.92 Å². The molecule has 0 radical (unpaired) electrons. The van der Waals surface area contributed by atoms with Crippen molar-refractivity contribution in [2.75, 3.05) is 11.9 Å². The van der Waals surface area contributed by atoms with E-state index in [4.69, 9.17) is 11.6 Å². The average molecular weight is 311 g/mol. The number of carboxylic acid groups (broad SMARTS) is 1. The number of urea groups is 1. The van der Waals surface area contributed by atoms with E-state index >= 15 is 0 Å². The van der Waals surface area contributed by atoms with Crippen LogP contribution in [0.2, 0.25) is 5.02 Å². The second kappa shape index (κ2) is 6.35. The third-order valence-electron chi connectivity index (χ3n) is 3.96. The zero-order chi connectivity index (χ0) is 15.6. The fourth-order valence-electron chi connectivity index (χ4n) is 2.72. The Morgan fingerprint density at radius 3 is 2.81 bits per heavy atom. The van der Waals surface area contributed by atoms with Gasteiger partial charge in [0.15, 0.2) is 0 Å². The molecule has 0 aliphatic carbocycles. The topological polar surface area (TPSA) is 69.6 Å². The Morgan fingerprint density at radius 1 is 1.43 bits per heavy atom. The van der Waals surface area contributed by atoms with Crippen LogP contribution in [-0.4, -0.2) is 34.6 Å². The van der Waals surface area contributed by atoms with Crippen LogP contribution in [0.5, 0.6) is 0 Å². The van der Waals surface area contributed by atoms with Crippen LogP contribution in [0, 0.1) is 12.8 Å². The highest BCUT2D eigenvalue weighted by molar-refractivity contribution is 6.31. The second-order valence-corrected chi connectivity index (χ2v) is 5.85. The minimum Gasteiger partial charge on any atom is -0.480 e. The molecule has 1 aliphatic rings. The predicted molar refractivity (Wildman–Crippen MR) is 81.7 cm³/mol. The summed E-state index contributed by atoms with van der Waals surface area (Å²) in [5.41, 5.74) is 1.37. The predicted octanol–water partition coefficient (Wildman–Crippen LogP) is 3.37. The van der Waals surface area contributed by atoms with Crippen LogP contribution in [0.25, 0.3) is 0 Å². The Hall–Kier alpha value is -1.75. The number of piperidine rings is 1. The third kappa shape index (κ3) is 3.29. The molecule has 0 saturated carbocycles. The van der Waals surface area contributed by atoms with Crippen molar-refractivity contribution >= 4 is 29.3 Å². The molecule has 1 heterocycles. The number of amides is 2. The van der Waals surface area contributed by atoms with Gasteiger partial charge in [0.25, 0.3) is 0 Å². The summed E-state index contributed by atoms with van der Waals surface area (Å²) in [4.78, 5) is 25.2. The van der Waals surface area contributed by atoms with Gasteiger partial charge >= 0.3 is 12.0 Å². The van der Waals surface area contributed by atoms with Gasteiger partial charge in [-0.1, -0.05) is 24.6 Å². The summed E-state index contributed by atoms with van der Waals surface area (Å²) in [6, 6.07) is 4.08. The van der Waals surface area contributed by atoms with Crippen LogP contribution >= 0.6 is 11.6 Å². The van der Waals surface area contributed by atoms with E-state index in [0.717, 1.165) is 18.4 Å². The Balaban J connectivity index is 2.18. The maximum atomic E-state index is 12.4. The van der Waals surface area contributed by atoms with Crippen molar-refractivity contribution in [1.29, 1.82) is 0 Å². The number of carboxylic acids is 1. The molecule has 2 unspecified atom stereocenters. The summed E-state index contributed by atoms with van der Waals surface area (Å²) < 4.78 is 0. The van der Waals surface area contributed by atoms with Crippen molar-refractivity contribution in [2.45, 2.75) is 32.7 Å². The summed E-state index contributed by atoms with van der Waals surface area (Å²) in [6.45, 7) is 4.13. The Labute approximate surface area is 128 Å². The van der Waals surface area contributed by atoms with Crippen molar-refractivity contribution in [1.82, 2.24) is 4.90 Å². The molecule has 1 aromatic carbocycles. The summed E-state index contributed by atoms with van der Waals surface area (Å²) >= 11 is 6.03. The van der Waals surface area contributed by atoms with Crippen LogP contribution in [0.15, 0.2) is 18.2 Å². The largest absolute Gasteiger partial charge is 0.480 e. The van der Waals surface area contributed by atoms with Gasteiger partial charge in [0, 0.05) is 17.3 Å². The van der Waals surface area contributed by atoms with Gasteiger partial charge in [-0.3, -0.25) is 0 Å². The highest BCUT2D eigenvalue weighted by Gasteiger charge is 2.37. The molecule has 2 amide bonds. The zero-order valence-electron chi connectivity index (χ0n) is 12.1. The number of hydrogen-bond donors (Lipinski definition) is 2. The quantitative estimate of drug-likeness (QED) is 0.880. The van der Waals surface area contributed by atoms with E-state index in [2.05, 4.69) is 5.32 Å². The number of likely N-dealkylation sites (tertiary alicyclic amines) is 1. The lowest BCUT2D eigenvalue weighted by atomic mass is 9.91. The van der Waals surface area contributed by atoms with Gasteiger partial charge in [-0.05, 0) is 43.4 Å². The highest BCUT2D eigenvalue weighted by Crippen LogP contribution is 2.26. The van der Waals surface area contributed by atoms with E-state index < -0.39 is 12.0 Å². The molecule has 2 rings (SSSR count). The van der Waals surface area contributed by atoms with E-state index in [9.17, 15) is 14.7 Å². The number of hydrogen-bond acceptors (Lipinski definition) is 2. The maximum Gasteiger partial charge on any atom is 0.326 e. The fourth-order valence-corrected chi connectivity index (χ4v) is 2.90. The normalized spacial score (nSPS) is 22.0. The number of benzene rings is 1. The number of nitrogens with one attached hydrogen (secondary N) is 1. The summed E-state index contributed by atoms with van der Waals surface area (Å²) in [5.74, 6) is -1.01. The molecule has 1 aromatic rings. The molecule has 2 N–H and O–H groups in total. The van der Waals surface area contributed by atoms with E-state index in [1.54, 1.807) is 18.2 Å². The number of carbonyl (C=O) groups excluding carboxylic acids is 1. The van der Waals surface area contributed by atoms with Crippen molar-refractivity contribution in [3.8, 4) is 0 Å². The minimum atomic E-state index is -0.958. The molecule has 1 fully saturated rings. The Morgan fingerprint density at radius 2 is 2.14 bits per heavy atom. The Kier molecular flexibility index (Phi) is 4.73. The smallest absolute Gasteiger partial charge is 0.326 e. The first kappa shape index (κ1) is 15.6. The van der Waals surface area contributed by atoms with Gasteiger partial charge in [0.05, 0.1) is 0 Å². The van der Waals surface area contributed by atoms with Crippen molar-refractivity contribution < 1.29 is 14.7 Å². The SMILES string of the molecule is Cc1c(Cl)cccc1NC(=O)N1CCCC(C)C1C(=O)O. The molecule has 0 bridgehead atoms. The first-order chi connectivity index (χ1) is 9.91. The van der Waals surface area contributed by atoms with Crippen LogP contribution in [0.1, 0.15) is 25.3 Å². The van der Waals surface area contributed by atoms with Crippen molar-refractivity contribution in [3.63, 3.8) is 0 Å². The molecule has 21 heavy (non-hydrogen) atoms. The maximum absolute atomic E-state index is 12.4. The Bertz CT molecular complexity index is 562. The van der Waals surface area contributed by atoms with E-state index in [1.165, 1.54) is 4.90 Å². The van der Waals surface area contributed by atoms with Gasteiger partial charge in [-0.15, -0.1) is 0 Å². The molecular formula is C15H19ClN2O3. The van der Waals surface area contributed by atoms with Gasteiger partial charge < -0.3 is 15.3 Å². The molecule has 0 spiro atoms. The average Bonchev–Trinajstić information content (AvgIpc) is 2.43. The first-order valence-corrected chi connectivity index (χ1v) is 7.35. The molecule has 5 nitrogen and oxygen atoms in total. The molecule has 6 heteroatoms. The third-order valence-corrected chi connectivity index (χ3v) is 4.37. The molecule has 1 aliphatic heterocycles. The number of halogens is 1. The molecular weight excluding hydrogens is 292 g/mol. The lowest BCUT2D eigenvalue weighted by Crippen LogP contribution is -2.53. The lowest BCUT2D eigenvalue weighted by Gasteiger charge is -2.37. The fraction of sp³-hybridized carbons (Fsp3) is 0.467. The summed E-state index contributed by atoms with van der Waals surface area (Å²) in [6.07, 6.45) is 1.63. The van der Waals surface area contributed by atoms with E-state index in [0.29, 0.717) is 17.3 Å². The zero-order valence-corrected chi connectivity index (χ0v) is 12.9. The second-order valence-electron chi connectivity index (χ2n) is 5.44. The monoisotopic (exact) mass is 310 g/mol. The van der Waals surface area contributed by atoms with Crippen LogP contribution < -0.4 is 5.32 Å². The van der Waals surface area contributed by atoms with E-state index in [1.807, 2.05) is 13.8 Å². The molecule has 0 aromatic heterocycles. The first-order valence-electron chi connectivity index (χ1n) is 6.97. The number of anilines is 1. The summed E-state index contributed by atoms with van der Waals surface area (Å²) in [7, 11) is 0. The number of rotatable bonds is 2. The number of nitrogens with zero attached hydrogens (tertiary/aromatic N) is 1. The molecule has 114 valence electrons. The van der Waals surface area contributed by atoms with Gasteiger partial charge in [0.1, 0.15) is 6.04 Å². The number of carbonyl (C=O) groups is 2. The van der Waals surface area contributed by atoms with E-state index in [-0.39, 0.29) is 11.9 Å². The van der Waals surface area contributed by atoms with Crippen LogP contribution in [0.4, 0.5) is 10.5 Å². The highest BCUT2D eigenvalue weighted by atomic mass is 35.5. The summed E-state index contributed by atoms with van der Waals surface area (Å²) in [5, 5.41) is 12.7. The number of aliphatic carboxylic acids is 1. The minimum absolute atomic E-state index is 0.0533. The lowest BCUT2D eigenvalue weighted by molar-refractivity contribution is -0.145. The van der Waals surface area contributed by atoms with Gasteiger partial charge in [-0.25, -0.2) is 9.59 Å². The van der Waals surface area contributed by atoms with Crippen LogP contribution in [0.3, 0.4) is 0 Å². The molecule has 1 saturated heterocycles. The van der Waals surface area contributed by atoms with Gasteiger partial charge in [0.2, 0.25) is 0 Å².